The fraction of sp³-hybridized carbons (Fsp3) is 0.825. The van der Waals surface area contributed by atoms with Crippen LogP contribution in [0.2, 0.25) is 34.8 Å². The van der Waals surface area contributed by atoms with Gasteiger partial charge in [0.25, 0.3) is 0 Å². The summed E-state index contributed by atoms with van der Waals surface area (Å²) >= 11 is 2.24. The molecule has 0 aromatic rings. The summed E-state index contributed by atoms with van der Waals surface area (Å²) in [5.74, 6) is 0.834. The first kappa shape index (κ1) is 41.3. The summed E-state index contributed by atoms with van der Waals surface area (Å²) in [6.07, 6.45) is 5.81. The van der Waals surface area contributed by atoms with Crippen molar-refractivity contribution in [3.05, 3.63) is 33.6 Å². The zero-order valence-electron chi connectivity index (χ0n) is 33.4. The molecule has 0 radical (unpaired) electrons. The maximum Gasteiger partial charge on any atom is 0.338 e. The molecule has 0 bridgehead atoms. The Balaban J connectivity index is 1.94. The van der Waals surface area contributed by atoms with Crippen molar-refractivity contribution < 1.29 is 28.2 Å². The quantitative estimate of drug-likeness (QED) is 0.0914. The molecule has 0 amide bonds. The number of halogens is 1. The van der Waals surface area contributed by atoms with E-state index < -0.39 is 28.3 Å². The number of aliphatic hydroxyl groups excluding tert-OH is 1. The Bertz CT molecular complexity index is 1280. The molecule has 0 saturated heterocycles. The lowest BCUT2D eigenvalue weighted by atomic mass is 9.63. The number of ether oxygens (including phenoxy) is 2. The summed E-state index contributed by atoms with van der Waals surface area (Å²) in [7, 11) is -2.94. The second-order valence-electron chi connectivity index (χ2n) is 18.7. The Morgan fingerprint density at radius 3 is 2.16 bits per heavy atom. The van der Waals surface area contributed by atoms with Gasteiger partial charge >= 0.3 is 5.97 Å². The zero-order valence-corrected chi connectivity index (χ0v) is 37.5. The number of carbonyl (C=O) groups is 1. The van der Waals surface area contributed by atoms with Crippen LogP contribution in [0.5, 0.6) is 0 Å². The number of carbonyl (C=O) groups excluding carboxylic acids is 1. The molecular weight excluding hydrogens is 760 g/mol. The van der Waals surface area contributed by atoms with Gasteiger partial charge in [0.05, 0.1) is 31.0 Å². The molecule has 11 atom stereocenters. The summed E-state index contributed by atoms with van der Waals surface area (Å²) < 4.78 is 28.4. The highest BCUT2D eigenvalue weighted by molar-refractivity contribution is 14.1. The molecule has 280 valence electrons. The monoisotopic (exact) mass is 828 g/mol. The standard InChI is InChI=1S/C40H69IO6Si2/c1-17-27(42)18-19-40(13)30-21-28-25(8)20-29-32(31(28)33(30)34(37(41)45-40)38(43)44-14)36(46-48(15,16)39(10,11)12)26(9)35(29)47-49(22(2)3,23(4)5)24(6)7/h17,20,22-24,26-33,35-36,42H,1,18-19,21H2,2-16H3/t26-,27+,28-,29+,30+,31-,32-,33+,35-,36+,40-/m0/s1. The highest BCUT2D eigenvalue weighted by Gasteiger charge is 2.67. The van der Waals surface area contributed by atoms with Gasteiger partial charge in [-0.1, -0.05) is 87.0 Å². The van der Waals surface area contributed by atoms with Gasteiger partial charge in [0, 0.05) is 23.7 Å². The Morgan fingerprint density at radius 1 is 1.10 bits per heavy atom. The van der Waals surface area contributed by atoms with E-state index in [0.717, 1.165) is 6.42 Å². The summed E-state index contributed by atoms with van der Waals surface area (Å²) in [6, 6.07) is 0. The van der Waals surface area contributed by atoms with E-state index in [1.165, 1.54) is 12.7 Å². The molecule has 0 spiro atoms. The van der Waals surface area contributed by atoms with Crippen molar-refractivity contribution >= 4 is 45.2 Å². The lowest BCUT2D eigenvalue weighted by molar-refractivity contribution is -0.140. The lowest BCUT2D eigenvalue weighted by Crippen LogP contribution is -2.52. The number of allylic oxidation sites excluding steroid dienone is 1. The molecule has 2 fully saturated rings. The van der Waals surface area contributed by atoms with Crippen molar-refractivity contribution in [3.63, 3.8) is 0 Å². The second-order valence-corrected chi connectivity index (χ2v) is 29.8. The van der Waals surface area contributed by atoms with E-state index in [9.17, 15) is 9.90 Å². The molecule has 6 nitrogen and oxygen atoms in total. The van der Waals surface area contributed by atoms with Crippen LogP contribution in [0.4, 0.5) is 0 Å². The number of rotatable bonds is 12. The molecular formula is C40H69IO6Si2. The molecule has 49 heavy (non-hydrogen) atoms. The first-order chi connectivity index (χ1) is 22.5. The fourth-order valence-corrected chi connectivity index (χ4v) is 18.8. The lowest BCUT2D eigenvalue weighted by Gasteiger charge is -2.48. The van der Waals surface area contributed by atoms with Crippen LogP contribution in [0.15, 0.2) is 33.6 Å². The number of aliphatic hydroxyl groups is 1. The molecule has 4 aliphatic rings. The topological polar surface area (TPSA) is 74.2 Å². The van der Waals surface area contributed by atoms with Gasteiger partial charge in [-0.05, 0) is 108 Å². The van der Waals surface area contributed by atoms with Crippen LogP contribution < -0.4 is 0 Å². The van der Waals surface area contributed by atoms with Crippen LogP contribution in [-0.2, 0) is 23.1 Å². The first-order valence-electron chi connectivity index (χ1n) is 19.0. The van der Waals surface area contributed by atoms with E-state index in [4.69, 9.17) is 18.3 Å². The van der Waals surface area contributed by atoms with Gasteiger partial charge in [0.2, 0.25) is 8.32 Å². The van der Waals surface area contributed by atoms with Gasteiger partial charge in [0.15, 0.2) is 12.1 Å². The van der Waals surface area contributed by atoms with Gasteiger partial charge in [-0.15, -0.1) is 6.58 Å². The number of hydrogen-bond donors (Lipinski definition) is 1. The minimum Gasteiger partial charge on any atom is -0.481 e. The molecule has 4 rings (SSSR count). The predicted octanol–water partition coefficient (Wildman–Crippen LogP) is 10.6. The average Bonchev–Trinajstić information content (AvgIpc) is 3.50. The second kappa shape index (κ2) is 14.8. The zero-order chi connectivity index (χ0) is 37.2. The molecule has 2 saturated carbocycles. The number of fused-ring (bicyclic) bond motifs is 5. The van der Waals surface area contributed by atoms with Crippen LogP contribution >= 0.6 is 22.6 Å². The van der Waals surface area contributed by atoms with Crippen LogP contribution in [0.25, 0.3) is 0 Å². The van der Waals surface area contributed by atoms with E-state index in [0.29, 0.717) is 44.7 Å². The molecule has 1 heterocycles. The van der Waals surface area contributed by atoms with Crippen LogP contribution in [0.1, 0.15) is 102 Å². The highest BCUT2D eigenvalue weighted by atomic mass is 127. The van der Waals surface area contributed by atoms with Gasteiger partial charge in [-0.3, -0.25) is 0 Å². The Kier molecular flexibility index (Phi) is 12.4. The highest BCUT2D eigenvalue weighted by Crippen LogP contribution is 2.66. The first-order valence-corrected chi connectivity index (χ1v) is 25.1. The van der Waals surface area contributed by atoms with Gasteiger partial charge in [-0.25, -0.2) is 4.79 Å². The van der Waals surface area contributed by atoms with Gasteiger partial charge in [-0.2, -0.15) is 0 Å². The Labute approximate surface area is 315 Å². The molecule has 0 aromatic heterocycles. The van der Waals surface area contributed by atoms with Crippen molar-refractivity contribution in [2.24, 2.45) is 41.4 Å². The van der Waals surface area contributed by atoms with Crippen LogP contribution in [0.3, 0.4) is 0 Å². The van der Waals surface area contributed by atoms with E-state index in [1.54, 1.807) is 6.08 Å². The molecule has 1 aliphatic heterocycles. The molecule has 9 heteroatoms. The van der Waals surface area contributed by atoms with E-state index in [2.05, 4.69) is 131 Å². The molecule has 0 unspecified atom stereocenters. The van der Waals surface area contributed by atoms with Crippen molar-refractivity contribution in [1.29, 1.82) is 0 Å². The van der Waals surface area contributed by atoms with Crippen molar-refractivity contribution in [2.45, 2.75) is 161 Å². The molecule has 3 aliphatic carbocycles. The smallest absolute Gasteiger partial charge is 0.338 e. The van der Waals surface area contributed by atoms with E-state index in [-0.39, 0.29) is 58.7 Å². The summed E-state index contributed by atoms with van der Waals surface area (Å²) in [5, 5.41) is 10.6. The SMILES string of the molecule is C=C[C@@H](O)CC[C@]1(C)OC(I)=C(C(=O)OC)[C@H]2[C@@H]3[C@@H]4[C@@H](C=C(C)[C@@H]3C[C@H]21)[C@@H](O[Si](C(C)C)(C(C)C)C(C)C)[C@H](C)[C@H]4O[Si](C)(C)C(C)(C)C. The minimum atomic E-state index is -2.23. The largest absolute Gasteiger partial charge is 0.481 e. The third-order valence-corrected chi connectivity index (χ3v) is 25.5. The Hall–Kier alpha value is -0.466. The molecule has 1 N–H and O–H groups in total. The number of hydrogen-bond acceptors (Lipinski definition) is 6. The predicted molar refractivity (Wildman–Crippen MR) is 214 cm³/mol. The van der Waals surface area contributed by atoms with Crippen LogP contribution in [0, 0.1) is 41.4 Å². The summed E-state index contributed by atoms with van der Waals surface area (Å²) in [4.78, 5) is 13.8. The van der Waals surface area contributed by atoms with Gasteiger partial charge in [0.1, 0.15) is 5.60 Å². The fourth-order valence-electron chi connectivity index (χ4n) is 10.7. The van der Waals surface area contributed by atoms with E-state index in [1.807, 2.05) is 0 Å². The van der Waals surface area contributed by atoms with Crippen LogP contribution in [-0.4, -0.2) is 58.7 Å². The average molecular weight is 829 g/mol. The maximum absolute atomic E-state index is 13.8. The van der Waals surface area contributed by atoms with Crippen molar-refractivity contribution in [1.82, 2.24) is 0 Å². The third-order valence-electron chi connectivity index (χ3n) is 14.1. The minimum absolute atomic E-state index is 0.0120. The summed E-state index contributed by atoms with van der Waals surface area (Å²) in [5.41, 5.74) is 3.00. The molecule has 0 aromatic carbocycles. The van der Waals surface area contributed by atoms with Gasteiger partial charge < -0.3 is 23.4 Å². The van der Waals surface area contributed by atoms with E-state index >= 15 is 0 Å². The summed E-state index contributed by atoms with van der Waals surface area (Å²) in [6.45, 7) is 36.8. The third kappa shape index (κ3) is 7.13. The number of esters is 1. The number of methoxy groups -OCH3 is 1. The maximum atomic E-state index is 13.8. The normalized spacial score (nSPS) is 35.6. The Morgan fingerprint density at radius 2 is 1.67 bits per heavy atom. The van der Waals surface area contributed by atoms with Crippen molar-refractivity contribution in [3.8, 4) is 0 Å². The van der Waals surface area contributed by atoms with Crippen molar-refractivity contribution in [2.75, 3.05) is 7.11 Å².